The van der Waals surface area contributed by atoms with Gasteiger partial charge < -0.3 is 9.32 Å². The number of thiophene rings is 1. The number of benzene rings is 7. The molecule has 3 heterocycles. The number of rotatable bonds is 2. The van der Waals surface area contributed by atoms with Crippen LogP contribution in [0.1, 0.15) is 15.9 Å². The average molecular weight is 650 g/mol. The van der Waals surface area contributed by atoms with E-state index in [-0.39, 0.29) is 5.78 Å². The first-order chi connectivity index (χ1) is 23.7. The molecule has 2 aromatic heterocycles. The summed E-state index contributed by atoms with van der Waals surface area (Å²) in [5.74, 6) is 0.104. The van der Waals surface area contributed by atoms with Gasteiger partial charge in [-0.3, -0.25) is 4.79 Å². The van der Waals surface area contributed by atoms with Crippen molar-refractivity contribution in [1.29, 1.82) is 0 Å². The minimum absolute atomic E-state index is 0.104. The fraction of sp³-hybridized carbons (Fsp3) is 0. The SMILES string of the molecule is O=C1c2ccccc2-c2ccc(-c3cccc4c3sc3c(N5c6ccccc6Sc6cc7c(cc65)oc5ccccc57)cccc34)cc21. The number of hydrogen-bond acceptors (Lipinski definition) is 5. The van der Waals surface area contributed by atoms with Crippen LogP contribution in [0.25, 0.3) is 64.4 Å². The Balaban J connectivity index is 1.13. The Morgan fingerprint density at radius 1 is 0.458 bits per heavy atom. The van der Waals surface area contributed by atoms with Crippen LogP contribution < -0.4 is 4.90 Å². The van der Waals surface area contributed by atoms with Crippen molar-refractivity contribution in [3.05, 3.63) is 151 Å². The quantitative estimate of drug-likeness (QED) is 0.187. The van der Waals surface area contributed by atoms with Gasteiger partial charge in [0.05, 0.1) is 21.8 Å². The van der Waals surface area contributed by atoms with Gasteiger partial charge in [0.15, 0.2) is 5.78 Å². The number of hydrogen-bond donors (Lipinski definition) is 0. The minimum Gasteiger partial charge on any atom is -0.456 e. The van der Waals surface area contributed by atoms with Gasteiger partial charge in [-0.05, 0) is 58.7 Å². The molecular weight excluding hydrogens is 627 g/mol. The first-order valence-corrected chi connectivity index (χ1v) is 17.6. The van der Waals surface area contributed by atoms with Crippen molar-refractivity contribution in [1.82, 2.24) is 0 Å². The monoisotopic (exact) mass is 649 g/mol. The van der Waals surface area contributed by atoms with E-state index in [9.17, 15) is 4.79 Å². The largest absolute Gasteiger partial charge is 0.456 e. The zero-order chi connectivity index (χ0) is 31.5. The van der Waals surface area contributed by atoms with Crippen molar-refractivity contribution in [3.8, 4) is 22.3 Å². The molecule has 48 heavy (non-hydrogen) atoms. The Labute approximate surface area is 283 Å². The highest BCUT2D eigenvalue weighted by Crippen LogP contribution is 2.55. The summed E-state index contributed by atoms with van der Waals surface area (Å²) >= 11 is 3.64. The lowest BCUT2D eigenvalue weighted by molar-refractivity contribution is 0.104. The van der Waals surface area contributed by atoms with E-state index < -0.39 is 0 Å². The van der Waals surface area contributed by atoms with Crippen LogP contribution in [0, 0.1) is 0 Å². The Kier molecular flexibility index (Phi) is 5.35. The van der Waals surface area contributed by atoms with Crippen molar-refractivity contribution in [3.63, 3.8) is 0 Å². The lowest BCUT2D eigenvalue weighted by atomic mass is 9.97. The number of anilines is 3. The average Bonchev–Trinajstić information content (AvgIpc) is 3.79. The van der Waals surface area contributed by atoms with Gasteiger partial charge in [-0.1, -0.05) is 109 Å². The maximum Gasteiger partial charge on any atom is 0.194 e. The first kappa shape index (κ1) is 26.4. The normalized spacial score (nSPS) is 13.3. The summed E-state index contributed by atoms with van der Waals surface area (Å²) in [6, 6.07) is 48.9. The van der Waals surface area contributed by atoms with E-state index in [1.54, 1.807) is 0 Å². The summed E-state index contributed by atoms with van der Waals surface area (Å²) in [5, 5.41) is 4.72. The Morgan fingerprint density at radius 3 is 2.10 bits per heavy atom. The standard InChI is InChI=1S/C43H23NO2S2/c45-41-29-11-2-1-9-26(29)27-20-19-24(21-33(27)41)25-12-7-13-30-31-14-8-16-35(43(31)48-42(25)30)44-34-15-4-6-18-39(34)47-40-22-32-28-10-3-5-17-37(28)46-38(32)23-36(40)44/h1-23H. The van der Waals surface area contributed by atoms with Gasteiger partial charge in [0.2, 0.25) is 0 Å². The highest BCUT2D eigenvalue weighted by Gasteiger charge is 2.29. The summed E-state index contributed by atoms with van der Waals surface area (Å²) in [6.07, 6.45) is 0. The van der Waals surface area contributed by atoms with Gasteiger partial charge in [-0.25, -0.2) is 0 Å². The molecule has 9 aromatic rings. The molecule has 0 bridgehead atoms. The molecule has 5 heteroatoms. The van der Waals surface area contributed by atoms with Gasteiger partial charge in [0.25, 0.3) is 0 Å². The van der Waals surface area contributed by atoms with E-state index in [1.807, 2.05) is 59.5 Å². The molecule has 1 aliphatic heterocycles. The number of nitrogens with zero attached hydrogens (tertiary/aromatic N) is 1. The van der Waals surface area contributed by atoms with E-state index >= 15 is 0 Å². The molecule has 0 spiro atoms. The molecular formula is C43H23NO2S2. The molecule has 11 rings (SSSR count). The van der Waals surface area contributed by atoms with Crippen LogP contribution in [-0.2, 0) is 0 Å². The maximum absolute atomic E-state index is 13.4. The molecule has 0 unspecified atom stereocenters. The lowest BCUT2D eigenvalue weighted by Crippen LogP contribution is -2.14. The molecule has 224 valence electrons. The van der Waals surface area contributed by atoms with E-state index in [2.05, 4.69) is 108 Å². The van der Waals surface area contributed by atoms with E-state index in [4.69, 9.17) is 4.42 Å². The van der Waals surface area contributed by atoms with Crippen LogP contribution in [0.5, 0.6) is 0 Å². The summed E-state index contributed by atoms with van der Waals surface area (Å²) in [4.78, 5) is 18.3. The molecule has 2 aliphatic rings. The number of ketones is 1. The molecule has 3 nitrogen and oxygen atoms in total. The van der Waals surface area contributed by atoms with Crippen molar-refractivity contribution in [2.45, 2.75) is 9.79 Å². The predicted octanol–water partition coefficient (Wildman–Crippen LogP) is 12.8. The first-order valence-electron chi connectivity index (χ1n) is 16.0. The minimum atomic E-state index is 0.104. The molecule has 0 atom stereocenters. The van der Waals surface area contributed by atoms with Crippen LogP contribution in [0.15, 0.2) is 154 Å². The molecule has 0 radical (unpaired) electrons. The Morgan fingerprint density at radius 2 is 1.17 bits per heavy atom. The summed E-state index contributed by atoms with van der Waals surface area (Å²) in [7, 11) is 0. The molecule has 0 saturated carbocycles. The van der Waals surface area contributed by atoms with Crippen molar-refractivity contribution < 1.29 is 9.21 Å². The number of carbonyl (C=O) groups is 1. The summed E-state index contributed by atoms with van der Waals surface area (Å²) in [6.45, 7) is 0. The van der Waals surface area contributed by atoms with E-state index in [0.717, 1.165) is 72.4 Å². The fourth-order valence-corrected chi connectivity index (χ4v) is 10.1. The summed E-state index contributed by atoms with van der Waals surface area (Å²) < 4.78 is 8.84. The van der Waals surface area contributed by atoms with Gasteiger partial charge in [-0.15, -0.1) is 11.3 Å². The van der Waals surface area contributed by atoms with Crippen LogP contribution in [0.4, 0.5) is 17.1 Å². The highest BCUT2D eigenvalue weighted by atomic mass is 32.2. The number of fused-ring (bicyclic) bond motifs is 11. The van der Waals surface area contributed by atoms with Crippen LogP contribution in [-0.4, -0.2) is 5.78 Å². The zero-order valence-electron chi connectivity index (χ0n) is 25.4. The van der Waals surface area contributed by atoms with E-state index in [0.29, 0.717) is 0 Å². The lowest BCUT2D eigenvalue weighted by Gasteiger charge is -2.33. The molecule has 7 aromatic carbocycles. The third kappa shape index (κ3) is 3.57. The van der Waals surface area contributed by atoms with Crippen molar-refractivity contribution in [2.75, 3.05) is 4.90 Å². The van der Waals surface area contributed by atoms with Gasteiger partial charge in [0, 0.05) is 53.2 Å². The smallest absolute Gasteiger partial charge is 0.194 e. The third-order valence-corrected chi connectivity index (χ3v) is 12.2. The van der Waals surface area contributed by atoms with Crippen LogP contribution >= 0.6 is 23.1 Å². The van der Waals surface area contributed by atoms with E-state index in [1.165, 1.54) is 30.0 Å². The second-order valence-corrected chi connectivity index (χ2v) is 14.5. The number of furan rings is 1. The molecule has 0 N–H and O–H groups in total. The zero-order valence-corrected chi connectivity index (χ0v) is 27.0. The molecule has 1 aliphatic carbocycles. The Hall–Kier alpha value is -5.62. The Bertz CT molecular complexity index is 2860. The number of para-hydroxylation sites is 2. The van der Waals surface area contributed by atoms with Gasteiger partial charge in [-0.2, -0.15) is 0 Å². The van der Waals surface area contributed by atoms with Gasteiger partial charge >= 0.3 is 0 Å². The molecule has 0 amide bonds. The highest BCUT2D eigenvalue weighted by molar-refractivity contribution is 7.99. The van der Waals surface area contributed by atoms with Crippen molar-refractivity contribution >= 4 is 88.1 Å². The topological polar surface area (TPSA) is 33.5 Å². The van der Waals surface area contributed by atoms with Crippen LogP contribution in [0.2, 0.25) is 0 Å². The van der Waals surface area contributed by atoms with Crippen LogP contribution in [0.3, 0.4) is 0 Å². The number of carbonyl (C=O) groups excluding carboxylic acids is 1. The second-order valence-electron chi connectivity index (χ2n) is 12.4. The molecule has 0 fully saturated rings. The third-order valence-electron chi connectivity index (χ3n) is 9.81. The second kappa shape index (κ2) is 9.71. The van der Waals surface area contributed by atoms with Gasteiger partial charge in [0.1, 0.15) is 11.2 Å². The maximum atomic E-state index is 13.4. The summed E-state index contributed by atoms with van der Waals surface area (Å²) in [5.41, 5.74) is 11.0. The van der Waals surface area contributed by atoms with Crippen molar-refractivity contribution in [2.24, 2.45) is 0 Å². The molecule has 0 saturated heterocycles. The fourth-order valence-electron chi connectivity index (χ4n) is 7.64. The predicted molar refractivity (Wildman–Crippen MR) is 200 cm³/mol.